The standard InChI is InChI=1S/C22H23F3N2O4/c1-4-11-31-19-9-5-15(12-20(19)30-3)6-10-21(29)27-18-8-7-16(26-14(2)28)13-17(18)22(23,24)25/h5-10,12-13H,4,11H2,1-3H3,(H,26,28)(H,27,29)/b10-6+. The second kappa shape index (κ2) is 10.5. The van der Waals surface area contributed by atoms with Gasteiger partial charge in [0.05, 0.1) is 25.0 Å². The molecule has 0 saturated heterocycles. The van der Waals surface area contributed by atoms with E-state index >= 15 is 0 Å². The second-order valence-corrected chi connectivity index (χ2v) is 6.52. The highest BCUT2D eigenvalue weighted by atomic mass is 19.4. The van der Waals surface area contributed by atoms with Crippen LogP contribution in [0.5, 0.6) is 11.5 Å². The quantitative estimate of drug-likeness (QED) is 0.564. The lowest BCUT2D eigenvalue weighted by Gasteiger charge is -2.15. The van der Waals surface area contributed by atoms with Crippen molar-refractivity contribution in [1.82, 2.24) is 0 Å². The molecular formula is C22H23F3N2O4. The van der Waals surface area contributed by atoms with E-state index < -0.39 is 29.2 Å². The average molecular weight is 436 g/mol. The van der Waals surface area contributed by atoms with Crippen molar-refractivity contribution in [3.63, 3.8) is 0 Å². The zero-order valence-electron chi connectivity index (χ0n) is 17.3. The Balaban J connectivity index is 2.18. The molecule has 0 atom stereocenters. The molecule has 0 bridgehead atoms. The van der Waals surface area contributed by atoms with Crippen LogP contribution < -0.4 is 20.1 Å². The first-order chi connectivity index (χ1) is 14.6. The highest BCUT2D eigenvalue weighted by Crippen LogP contribution is 2.36. The van der Waals surface area contributed by atoms with Crippen molar-refractivity contribution in [2.75, 3.05) is 24.4 Å². The van der Waals surface area contributed by atoms with E-state index in [0.717, 1.165) is 24.6 Å². The molecule has 2 N–H and O–H groups in total. The summed E-state index contributed by atoms with van der Waals surface area (Å²) >= 11 is 0. The van der Waals surface area contributed by atoms with Gasteiger partial charge < -0.3 is 20.1 Å². The molecule has 0 radical (unpaired) electrons. The predicted octanol–water partition coefficient (Wildman–Crippen LogP) is 5.11. The third-order valence-corrected chi connectivity index (χ3v) is 3.98. The smallest absolute Gasteiger partial charge is 0.418 e. The number of hydrogen-bond donors (Lipinski definition) is 2. The summed E-state index contributed by atoms with van der Waals surface area (Å²) in [5.74, 6) is -0.221. The fourth-order valence-corrected chi connectivity index (χ4v) is 2.63. The number of methoxy groups -OCH3 is 1. The minimum Gasteiger partial charge on any atom is -0.493 e. The van der Waals surface area contributed by atoms with Gasteiger partial charge >= 0.3 is 6.18 Å². The Morgan fingerprint density at radius 2 is 1.81 bits per heavy atom. The first kappa shape index (κ1) is 23.8. The molecule has 6 nitrogen and oxygen atoms in total. The first-order valence-corrected chi connectivity index (χ1v) is 9.42. The minimum absolute atomic E-state index is 0.0224. The van der Waals surface area contributed by atoms with E-state index in [4.69, 9.17) is 9.47 Å². The van der Waals surface area contributed by atoms with Gasteiger partial charge in [-0.1, -0.05) is 13.0 Å². The molecule has 0 aliphatic heterocycles. The lowest BCUT2D eigenvalue weighted by molar-refractivity contribution is -0.137. The van der Waals surface area contributed by atoms with Crippen LogP contribution in [0, 0.1) is 0 Å². The van der Waals surface area contributed by atoms with Crippen LogP contribution in [0.3, 0.4) is 0 Å². The van der Waals surface area contributed by atoms with Crippen molar-refractivity contribution in [2.45, 2.75) is 26.4 Å². The van der Waals surface area contributed by atoms with Gasteiger partial charge in [-0.05, 0) is 48.4 Å². The van der Waals surface area contributed by atoms with Crippen LogP contribution in [0.2, 0.25) is 0 Å². The summed E-state index contributed by atoms with van der Waals surface area (Å²) in [6, 6.07) is 8.16. The van der Waals surface area contributed by atoms with Crippen LogP contribution >= 0.6 is 0 Å². The fourth-order valence-electron chi connectivity index (χ4n) is 2.63. The summed E-state index contributed by atoms with van der Waals surface area (Å²) in [6.07, 6.45) is -1.33. The largest absolute Gasteiger partial charge is 0.493 e. The van der Waals surface area contributed by atoms with E-state index in [1.54, 1.807) is 18.2 Å². The number of rotatable bonds is 8. The number of benzene rings is 2. The van der Waals surface area contributed by atoms with Crippen molar-refractivity contribution in [1.29, 1.82) is 0 Å². The summed E-state index contributed by atoms with van der Waals surface area (Å²) in [6.45, 7) is 3.68. The molecule has 2 aromatic rings. The minimum atomic E-state index is -4.72. The Kier molecular flexibility index (Phi) is 8.07. The Hall–Kier alpha value is -3.49. The monoisotopic (exact) mass is 436 g/mol. The van der Waals surface area contributed by atoms with E-state index in [1.165, 1.54) is 26.2 Å². The first-order valence-electron chi connectivity index (χ1n) is 9.42. The highest BCUT2D eigenvalue weighted by Gasteiger charge is 2.34. The highest BCUT2D eigenvalue weighted by molar-refractivity contribution is 6.02. The summed E-state index contributed by atoms with van der Waals surface area (Å²) in [5, 5.41) is 4.51. The number of amides is 2. The molecular weight excluding hydrogens is 413 g/mol. The molecule has 0 unspecified atom stereocenters. The second-order valence-electron chi connectivity index (χ2n) is 6.52. The maximum Gasteiger partial charge on any atom is 0.418 e. The Morgan fingerprint density at radius 1 is 1.06 bits per heavy atom. The van der Waals surface area contributed by atoms with Gasteiger partial charge in [-0.15, -0.1) is 0 Å². The zero-order valence-corrected chi connectivity index (χ0v) is 17.3. The van der Waals surface area contributed by atoms with Gasteiger partial charge in [0.1, 0.15) is 0 Å². The maximum atomic E-state index is 13.4. The van der Waals surface area contributed by atoms with E-state index in [1.807, 2.05) is 6.92 Å². The zero-order chi connectivity index (χ0) is 23.0. The van der Waals surface area contributed by atoms with Gasteiger partial charge in [-0.2, -0.15) is 13.2 Å². The number of carbonyl (C=O) groups excluding carboxylic acids is 2. The molecule has 0 aliphatic rings. The third-order valence-electron chi connectivity index (χ3n) is 3.98. The van der Waals surface area contributed by atoms with Crippen molar-refractivity contribution in [3.8, 4) is 11.5 Å². The van der Waals surface area contributed by atoms with E-state index in [9.17, 15) is 22.8 Å². The molecule has 0 fully saturated rings. The van der Waals surface area contributed by atoms with Gasteiger partial charge in [0.15, 0.2) is 11.5 Å². The van der Waals surface area contributed by atoms with Crippen LogP contribution in [0.25, 0.3) is 6.08 Å². The van der Waals surface area contributed by atoms with Crippen molar-refractivity contribution < 1.29 is 32.2 Å². The van der Waals surface area contributed by atoms with Crippen molar-refractivity contribution >= 4 is 29.3 Å². The summed E-state index contributed by atoms with van der Waals surface area (Å²) in [4.78, 5) is 23.3. The Bertz CT molecular complexity index is 972. The molecule has 0 aliphatic carbocycles. The average Bonchev–Trinajstić information content (AvgIpc) is 2.70. The molecule has 0 saturated carbocycles. The Labute approximate surface area is 178 Å². The topological polar surface area (TPSA) is 76.7 Å². The van der Waals surface area contributed by atoms with Crippen LogP contribution in [0.1, 0.15) is 31.4 Å². The molecule has 0 spiro atoms. The van der Waals surface area contributed by atoms with Crippen molar-refractivity contribution in [3.05, 3.63) is 53.6 Å². The summed E-state index contributed by atoms with van der Waals surface area (Å²) in [7, 11) is 1.48. The molecule has 2 amide bonds. The number of hydrogen-bond acceptors (Lipinski definition) is 4. The summed E-state index contributed by atoms with van der Waals surface area (Å²) < 4.78 is 50.9. The van der Waals surface area contributed by atoms with Gasteiger partial charge in [0, 0.05) is 18.7 Å². The number of halogens is 3. The number of anilines is 2. The van der Waals surface area contributed by atoms with E-state index in [-0.39, 0.29) is 5.69 Å². The molecule has 31 heavy (non-hydrogen) atoms. The van der Waals surface area contributed by atoms with Gasteiger partial charge in [0.25, 0.3) is 0 Å². The number of nitrogens with one attached hydrogen (secondary N) is 2. The molecule has 9 heteroatoms. The fraction of sp³-hybridized carbons (Fsp3) is 0.273. The predicted molar refractivity (Wildman–Crippen MR) is 112 cm³/mol. The number of carbonyl (C=O) groups is 2. The van der Waals surface area contributed by atoms with Crippen molar-refractivity contribution in [2.24, 2.45) is 0 Å². The normalized spacial score (nSPS) is 11.3. The number of alkyl halides is 3. The summed E-state index contributed by atoms with van der Waals surface area (Å²) in [5.41, 5.74) is -0.907. The molecule has 0 heterocycles. The Morgan fingerprint density at radius 3 is 2.42 bits per heavy atom. The van der Waals surface area contributed by atoms with Gasteiger partial charge in [-0.3, -0.25) is 9.59 Å². The molecule has 2 aromatic carbocycles. The van der Waals surface area contributed by atoms with Crippen LogP contribution in [0.15, 0.2) is 42.5 Å². The SMILES string of the molecule is CCCOc1ccc(/C=C/C(=O)Nc2ccc(NC(C)=O)cc2C(F)(F)F)cc1OC. The molecule has 166 valence electrons. The van der Waals surface area contributed by atoms with Gasteiger partial charge in [-0.25, -0.2) is 0 Å². The number of ether oxygens (including phenoxy) is 2. The third kappa shape index (κ3) is 7.06. The molecule has 0 aromatic heterocycles. The lowest BCUT2D eigenvalue weighted by Crippen LogP contribution is -2.16. The lowest BCUT2D eigenvalue weighted by atomic mass is 10.1. The van der Waals surface area contributed by atoms with Crippen LogP contribution in [-0.4, -0.2) is 25.5 Å². The van der Waals surface area contributed by atoms with Gasteiger partial charge in [0.2, 0.25) is 11.8 Å². The van der Waals surface area contributed by atoms with E-state index in [2.05, 4.69) is 10.6 Å². The van der Waals surface area contributed by atoms with Crippen LogP contribution in [-0.2, 0) is 15.8 Å². The van der Waals surface area contributed by atoms with E-state index in [0.29, 0.717) is 23.7 Å². The maximum absolute atomic E-state index is 13.4. The molecule has 2 rings (SSSR count). The van der Waals surface area contributed by atoms with Crippen LogP contribution in [0.4, 0.5) is 24.5 Å².